The molecule has 0 spiro atoms. The van der Waals surface area contributed by atoms with Crippen molar-refractivity contribution in [2.75, 3.05) is 0 Å². The highest BCUT2D eigenvalue weighted by Crippen LogP contribution is 2.23. The van der Waals surface area contributed by atoms with Gasteiger partial charge in [0.15, 0.2) is 0 Å². The van der Waals surface area contributed by atoms with Gasteiger partial charge in [0.1, 0.15) is 5.82 Å². The molecular formula is C10H15BrN2. The normalized spacial score (nSPS) is 15.4. The second-order valence-corrected chi connectivity index (χ2v) is 4.45. The van der Waals surface area contributed by atoms with Crippen molar-refractivity contribution in [1.29, 1.82) is 0 Å². The van der Waals surface area contributed by atoms with Gasteiger partial charge in [-0.3, -0.25) is 0 Å². The Morgan fingerprint density at radius 1 is 1.54 bits per heavy atom. The van der Waals surface area contributed by atoms with E-state index in [0.717, 1.165) is 17.9 Å². The molecule has 0 aliphatic heterocycles. The molecule has 0 bridgehead atoms. The lowest BCUT2D eigenvalue weighted by Gasteiger charge is -2.14. The quantitative estimate of drug-likeness (QED) is 0.762. The summed E-state index contributed by atoms with van der Waals surface area (Å²) in [5, 5.41) is 0. The van der Waals surface area contributed by atoms with Crippen molar-refractivity contribution in [3.63, 3.8) is 0 Å². The minimum atomic E-state index is 0.380. The van der Waals surface area contributed by atoms with Crippen LogP contribution in [0.15, 0.2) is 12.3 Å². The third kappa shape index (κ3) is 2.76. The van der Waals surface area contributed by atoms with E-state index in [1.54, 1.807) is 0 Å². The lowest BCUT2D eigenvalue weighted by molar-refractivity contribution is 0.648. The van der Waals surface area contributed by atoms with Gasteiger partial charge >= 0.3 is 0 Å². The second-order valence-electron chi connectivity index (χ2n) is 3.27. The van der Waals surface area contributed by atoms with Crippen LogP contribution in [0.1, 0.15) is 37.7 Å². The van der Waals surface area contributed by atoms with Gasteiger partial charge < -0.3 is 0 Å². The molecule has 1 rings (SSSR count). The largest absolute Gasteiger partial charge is 0.241 e. The SMILES string of the molecule is CCC(Br)C(C)c1nccc(C)n1. The van der Waals surface area contributed by atoms with Crippen LogP contribution in [-0.4, -0.2) is 14.8 Å². The average Bonchev–Trinajstić information content (AvgIpc) is 2.15. The first-order chi connectivity index (χ1) is 6.15. The van der Waals surface area contributed by atoms with E-state index >= 15 is 0 Å². The van der Waals surface area contributed by atoms with E-state index < -0.39 is 0 Å². The van der Waals surface area contributed by atoms with Gasteiger partial charge in [0.2, 0.25) is 0 Å². The van der Waals surface area contributed by atoms with Crippen LogP contribution >= 0.6 is 15.9 Å². The van der Waals surface area contributed by atoms with Crippen LogP contribution in [0.4, 0.5) is 0 Å². The lowest BCUT2D eigenvalue weighted by Crippen LogP contribution is -2.11. The van der Waals surface area contributed by atoms with E-state index in [1.807, 2.05) is 19.2 Å². The molecule has 0 saturated carbocycles. The molecule has 72 valence electrons. The van der Waals surface area contributed by atoms with E-state index in [9.17, 15) is 0 Å². The molecule has 1 aromatic rings. The maximum absolute atomic E-state index is 4.40. The Labute approximate surface area is 87.9 Å². The Balaban J connectivity index is 2.82. The monoisotopic (exact) mass is 242 g/mol. The summed E-state index contributed by atoms with van der Waals surface area (Å²) < 4.78 is 0. The molecule has 2 atom stereocenters. The zero-order valence-corrected chi connectivity index (χ0v) is 9.87. The van der Waals surface area contributed by atoms with Crippen LogP contribution in [0.3, 0.4) is 0 Å². The molecule has 0 radical (unpaired) electrons. The molecule has 3 heteroatoms. The number of halogens is 1. The van der Waals surface area contributed by atoms with E-state index in [1.165, 1.54) is 0 Å². The van der Waals surface area contributed by atoms with Crippen LogP contribution < -0.4 is 0 Å². The molecule has 1 heterocycles. The average molecular weight is 243 g/mol. The summed E-state index contributed by atoms with van der Waals surface area (Å²) >= 11 is 3.62. The molecule has 0 fully saturated rings. The van der Waals surface area contributed by atoms with Gasteiger partial charge in [-0.1, -0.05) is 29.8 Å². The highest BCUT2D eigenvalue weighted by molar-refractivity contribution is 9.09. The van der Waals surface area contributed by atoms with Crippen molar-refractivity contribution in [2.45, 2.75) is 37.9 Å². The lowest BCUT2D eigenvalue weighted by atomic mass is 10.1. The summed E-state index contributed by atoms with van der Waals surface area (Å²) in [5.41, 5.74) is 1.03. The maximum atomic E-state index is 4.40. The topological polar surface area (TPSA) is 25.8 Å². The number of hydrogen-bond acceptors (Lipinski definition) is 2. The first-order valence-electron chi connectivity index (χ1n) is 4.58. The Hall–Kier alpha value is -0.440. The number of alkyl halides is 1. The fourth-order valence-corrected chi connectivity index (χ4v) is 1.44. The fourth-order valence-electron chi connectivity index (χ4n) is 1.20. The van der Waals surface area contributed by atoms with Gasteiger partial charge in [0, 0.05) is 22.6 Å². The van der Waals surface area contributed by atoms with Crippen LogP contribution in [-0.2, 0) is 0 Å². The van der Waals surface area contributed by atoms with Crippen LogP contribution in [0.5, 0.6) is 0 Å². The van der Waals surface area contributed by atoms with Crippen LogP contribution in [0.2, 0.25) is 0 Å². The number of nitrogens with zero attached hydrogens (tertiary/aromatic N) is 2. The molecule has 2 unspecified atom stereocenters. The second kappa shape index (κ2) is 4.70. The number of rotatable bonds is 3. The van der Waals surface area contributed by atoms with Gasteiger partial charge in [-0.15, -0.1) is 0 Å². The summed E-state index contributed by atoms with van der Waals surface area (Å²) in [5.74, 6) is 1.31. The Kier molecular flexibility index (Phi) is 3.85. The summed E-state index contributed by atoms with van der Waals surface area (Å²) in [7, 11) is 0. The Morgan fingerprint density at radius 2 is 2.23 bits per heavy atom. The predicted octanol–water partition coefficient (Wildman–Crippen LogP) is 3.06. The molecule has 0 saturated heterocycles. The molecule has 0 aliphatic rings. The first-order valence-corrected chi connectivity index (χ1v) is 5.50. The highest BCUT2D eigenvalue weighted by Gasteiger charge is 2.16. The Morgan fingerprint density at radius 3 is 2.77 bits per heavy atom. The van der Waals surface area contributed by atoms with E-state index in [2.05, 4.69) is 39.7 Å². The van der Waals surface area contributed by atoms with Crippen LogP contribution in [0.25, 0.3) is 0 Å². The van der Waals surface area contributed by atoms with Crippen molar-refractivity contribution in [2.24, 2.45) is 0 Å². The smallest absolute Gasteiger partial charge is 0.132 e. The summed E-state index contributed by atoms with van der Waals surface area (Å²) in [6.07, 6.45) is 2.92. The van der Waals surface area contributed by atoms with Gasteiger partial charge in [0.25, 0.3) is 0 Å². The zero-order chi connectivity index (χ0) is 9.84. The Bertz CT molecular complexity index is 275. The molecule has 2 nitrogen and oxygen atoms in total. The summed E-state index contributed by atoms with van der Waals surface area (Å²) in [6.45, 7) is 6.30. The zero-order valence-electron chi connectivity index (χ0n) is 8.29. The number of aryl methyl sites for hydroxylation is 1. The third-order valence-corrected chi connectivity index (χ3v) is 3.59. The van der Waals surface area contributed by atoms with Gasteiger partial charge in [0.05, 0.1) is 0 Å². The van der Waals surface area contributed by atoms with E-state index in [4.69, 9.17) is 0 Å². The minimum Gasteiger partial charge on any atom is -0.241 e. The standard InChI is InChI=1S/C10H15BrN2/c1-4-9(11)8(3)10-12-6-5-7(2)13-10/h5-6,8-9H,4H2,1-3H3. The fraction of sp³-hybridized carbons (Fsp3) is 0.600. The molecule has 0 aliphatic carbocycles. The molecule has 13 heavy (non-hydrogen) atoms. The van der Waals surface area contributed by atoms with Crippen molar-refractivity contribution in [3.8, 4) is 0 Å². The van der Waals surface area contributed by atoms with Crippen molar-refractivity contribution >= 4 is 15.9 Å². The molecule has 0 N–H and O–H groups in total. The number of hydrogen-bond donors (Lipinski definition) is 0. The van der Waals surface area contributed by atoms with Crippen LogP contribution in [0, 0.1) is 6.92 Å². The summed E-state index contributed by atoms with van der Waals surface area (Å²) in [6, 6.07) is 1.92. The third-order valence-electron chi connectivity index (χ3n) is 2.15. The van der Waals surface area contributed by atoms with Crippen molar-refractivity contribution < 1.29 is 0 Å². The maximum Gasteiger partial charge on any atom is 0.132 e. The van der Waals surface area contributed by atoms with Crippen molar-refractivity contribution in [1.82, 2.24) is 9.97 Å². The highest BCUT2D eigenvalue weighted by atomic mass is 79.9. The predicted molar refractivity (Wildman–Crippen MR) is 58.2 cm³/mol. The van der Waals surface area contributed by atoms with Gasteiger partial charge in [-0.25, -0.2) is 9.97 Å². The molecule has 0 aromatic carbocycles. The van der Waals surface area contributed by atoms with Crippen molar-refractivity contribution in [3.05, 3.63) is 23.8 Å². The van der Waals surface area contributed by atoms with Gasteiger partial charge in [-0.05, 0) is 19.4 Å². The summed E-state index contributed by atoms with van der Waals surface area (Å²) in [4.78, 5) is 9.14. The number of aromatic nitrogens is 2. The van der Waals surface area contributed by atoms with Gasteiger partial charge in [-0.2, -0.15) is 0 Å². The molecular weight excluding hydrogens is 228 g/mol. The first kappa shape index (κ1) is 10.6. The minimum absolute atomic E-state index is 0.380. The van der Waals surface area contributed by atoms with E-state index in [0.29, 0.717) is 10.7 Å². The van der Waals surface area contributed by atoms with E-state index in [-0.39, 0.29) is 0 Å². The molecule has 0 amide bonds. The molecule has 1 aromatic heterocycles.